The number of para-hydroxylation sites is 2. The zero-order valence-electron chi connectivity index (χ0n) is 20.4. The van der Waals surface area contributed by atoms with Crippen molar-refractivity contribution in [2.75, 3.05) is 6.54 Å². The number of rotatable bonds is 6. The van der Waals surface area contributed by atoms with Gasteiger partial charge in [0.15, 0.2) is 0 Å². The summed E-state index contributed by atoms with van der Waals surface area (Å²) in [7, 11) is -3.90. The maximum atomic E-state index is 13.1. The smallest absolute Gasteiger partial charge is 0.406 e. The van der Waals surface area contributed by atoms with Gasteiger partial charge in [0.05, 0.1) is 15.9 Å². The third-order valence-electron chi connectivity index (χ3n) is 7.28. The minimum Gasteiger partial charge on any atom is -0.406 e. The van der Waals surface area contributed by atoms with Gasteiger partial charge in [-0.05, 0) is 67.3 Å². The fourth-order valence-electron chi connectivity index (χ4n) is 5.45. The second-order valence-corrected chi connectivity index (χ2v) is 11.6. The first-order valence-electron chi connectivity index (χ1n) is 12.3. The average Bonchev–Trinajstić information content (AvgIpc) is 3.62. The van der Waals surface area contributed by atoms with Crippen molar-refractivity contribution in [3.8, 4) is 17.1 Å². The molecule has 12 heteroatoms. The Kier molecular flexibility index (Phi) is 6.11. The number of aromatic amines is 1. The highest BCUT2D eigenvalue weighted by Gasteiger charge is 2.49. The van der Waals surface area contributed by atoms with Crippen molar-refractivity contribution in [2.45, 2.75) is 36.2 Å². The summed E-state index contributed by atoms with van der Waals surface area (Å²) in [5.41, 5.74) is 3.12. The van der Waals surface area contributed by atoms with Crippen LogP contribution in [0.2, 0.25) is 0 Å². The van der Waals surface area contributed by atoms with Crippen molar-refractivity contribution in [3.05, 3.63) is 78.4 Å². The molecular weight excluding hydrogens is 533 g/mol. The number of carbonyl (C=O) groups is 1. The number of amides is 1. The molecule has 1 saturated heterocycles. The third kappa shape index (κ3) is 4.97. The number of piperidine rings is 1. The summed E-state index contributed by atoms with van der Waals surface area (Å²) in [5.74, 6) is -0.0763. The van der Waals surface area contributed by atoms with Crippen LogP contribution in [0.4, 0.5) is 13.2 Å². The van der Waals surface area contributed by atoms with Crippen LogP contribution < -0.4 is 10.1 Å². The predicted octanol–water partition coefficient (Wildman–Crippen LogP) is 4.71. The summed E-state index contributed by atoms with van der Waals surface area (Å²) in [6.07, 6.45) is -3.79. The molecule has 39 heavy (non-hydrogen) atoms. The molecule has 3 aromatic carbocycles. The van der Waals surface area contributed by atoms with Crippen LogP contribution in [-0.4, -0.2) is 53.6 Å². The number of carbonyl (C=O) groups excluding carboxylic acids is 1. The van der Waals surface area contributed by atoms with Crippen LogP contribution in [0, 0.1) is 5.92 Å². The van der Waals surface area contributed by atoms with Gasteiger partial charge in [0, 0.05) is 29.8 Å². The largest absolute Gasteiger partial charge is 0.573 e. The number of alkyl halides is 3. The Labute approximate surface area is 221 Å². The summed E-state index contributed by atoms with van der Waals surface area (Å²) in [4.78, 5) is 20.7. The van der Waals surface area contributed by atoms with Gasteiger partial charge in [0.2, 0.25) is 10.0 Å². The van der Waals surface area contributed by atoms with Gasteiger partial charge in [-0.1, -0.05) is 24.3 Å². The van der Waals surface area contributed by atoms with E-state index >= 15 is 0 Å². The number of hydrogen-bond donors (Lipinski definition) is 2. The van der Waals surface area contributed by atoms with E-state index in [4.69, 9.17) is 0 Å². The second-order valence-electron chi connectivity index (χ2n) is 9.74. The third-order valence-corrected chi connectivity index (χ3v) is 9.21. The maximum absolute atomic E-state index is 13.1. The number of H-pyrrole nitrogens is 1. The summed E-state index contributed by atoms with van der Waals surface area (Å²) >= 11 is 0. The van der Waals surface area contributed by atoms with E-state index in [0.717, 1.165) is 40.9 Å². The lowest BCUT2D eigenvalue weighted by molar-refractivity contribution is -0.274. The van der Waals surface area contributed by atoms with Gasteiger partial charge >= 0.3 is 6.36 Å². The Morgan fingerprint density at radius 3 is 2.36 bits per heavy atom. The fourth-order valence-corrected chi connectivity index (χ4v) is 7.16. The van der Waals surface area contributed by atoms with Crippen molar-refractivity contribution in [2.24, 2.45) is 5.92 Å². The molecule has 1 aromatic heterocycles. The summed E-state index contributed by atoms with van der Waals surface area (Å²) < 4.78 is 68.7. The van der Waals surface area contributed by atoms with Gasteiger partial charge in [-0.2, -0.15) is 4.31 Å². The monoisotopic (exact) mass is 556 g/mol. The van der Waals surface area contributed by atoms with E-state index in [2.05, 4.69) is 20.0 Å². The van der Waals surface area contributed by atoms with Crippen LogP contribution in [-0.2, 0) is 10.0 Å². The van der Waals surface area contributed by atoms with Crippen molar-refractivity contribution in [3.63, 3.8) is 0 Å². The molecule has 0 spiro atoms. The van der Waals surface area contributed by atoms with Crippen LogP contribution in [0.15, 0.2) is 77.7 Å². The minimum absolute atomic E-state index is 0.0589. The predicted molar refractivity (Wildman–Crippen MR) is 136 cm³/mol. The quantitative estimate of drug-likeness (QED) is 0.358. The number of fused-ring (bicyclic) bond motifs is 3. The number of sulfonamides is 1. The van der Waals surface area contributed by atoms with Gasteiger partial charge in [0.25, 0.3) is 5.91 Å². The molecule has 1 saturated carbocycles. The van der Waals surface area contributed by atoms with Crippen LogP contribution in [0.3, 0.4) is 0 Å². The van der Waals surface area contributed by atoms with Crippen molar-refractivity contribution in [1.82, 2.24) is 19.6 Å². The highest BCUT2D eigenvalue weighted by atomic mass is 32.2. The van der Waals surface area contributed by atoms with E-state index in [1.807, 2.05) is 36.4 Å². The summed E-state index contributed by atoms with van der Waals surface area (Å²) in [5, 5.41) is 3.04. The van der Waals surface area contributed by atoms with Crippen molar-refractivity contribution in [1.29, 1.82) is 0 Å². The molecule has 1 aliphatic heterocycles. The lowest BCUT2D eigenvalue weighted by Crippen LogP contribution is -2.47. The number of hydrogen-bond acceptors (Lipinski definition) is 5. The number of nitrogens with one attached hydrogen (secondary N) is 2. The summed E-state index contributed by atoms with van der Waals surface area (Å²) in [6, 6.07) is 18.5. The average molecular weight is 557 g/mol. The van der Waals surface area contributed by atoms with Crippen molar-refractivity contribution < 1.29 is 31.1 Å². The summed E-state index contributed by atoms with van der Waals surface area (Å²) in [6.45, 7) is 0.226. The zero-order chi connectivity index (χ0) is 27.4. The first kappa shape index (κ1) is 25.4. The highest BCUT2D eigenvalue weighted by Crippen LogP contribution is 2.41. The number of imidazole rings is 1. The second kappa shape index (κ2) is 9.38. The van der Waals surface area contributed by atoms with E-state index in [1.165, 1.54) is 4.31 Å². The lowest BCUT2D eigenvalue weighted by Gasteiger charge is -2.31. The van der Waals surface area contributed by atoms with Crippen LogP contribution in [0.1, 0.15) is 23.2 Å². The first-order valence-corrected chi connectivity index (χ1v) is 13.7. The topological polar surface area (TPSA) is 104 Å². The molecule has 6 rings (SSSR count). The first-order chi connectivity index (χ1) is 18.6. The Morgan fingerprint density at radius 2 is 1.72 bits per heavy atom. The molecule has 2 heterocycles. The number of benzene rings is 3. The van der Waals surface area contributed by atoms with E-state index in [9.17, 15) is 26.4 Å². The van der Waals surface area contributed by atoms with E-state index in [1.54, 1.807) is 12.1 Å². The van der Waals surface area contributed by atoms with Crippen LogP contribution >= 0.6 is 0 Å². The molecule has 4 aromatic rings. The van der Waals surface area contributed by atoms with E-state index in [-0.39, 0.29) is 35.3 Å². The molecule has 3 atom stereocenters. The number of aromatic nitrogens is 2. The van der Waals surface area contributed by atoms with Crippen molar-refractivity contribution >= 4 is 27.0 Å². The number of halogens is 3. The Bertz CT molecular complexity index is 1600. The van der Waals surface area contributed by atoms with Gasteiger partial charge in [0.1, 0.15) is 11.6 Å². The zero-order valence-corrected chi connectivity index (χ0v) is 21.2. The normalized spacial score (nSPS) is 21.4. The maximum Gasteiger partial charge on any atom is 0.573 e. The molecule has 2 aliphatic rings. The highest BCUT2D eigenvalue weighted by molar-refractivity contribution is 7.89. The molecule has 0 radical (unpaired) electrons. The number of ether oxygens (including phenoxy) is 1. The van der Waals surface area contributed by atoms with Gasteiger partial charge < -0.3 is 15.0 Å². The molecule has 202 valence electrons. The fraction of sp³-hybridized carbons (Fsp3) is 0.259. The molecule has 2 bridgehead atoms. The standard InChI is InChI=1S/C27H23F3N4O4S/c28-27(29,30)38-20-9-11-21(12-10-20)39(36,37)34-15-18-13-19(34)14-24(18)33-26(35)17-7-5-16(6-8-17)25-31-22-3-1-2-4-23(22)32-25/h1-12,18-19,24H,13-15H2,(H,31,32)(H,33,35)/t18-,19+,24+/m0/s1. The van der Waals surface area contributed by atoms with Gasteiger partial charge in [-0.25, -0.2) is 13.4 Å². The molecule has 8 nitrogen and oxygen atoms in total. The van der Waals surface area contributed by atoms with E-state index < -0.39 is 22.1 Å². The van der Waals surface area contributed by atoms with E-state index in [0.29, 0.717) is 24.2 Å². The molecule has 2 N–H and O–H groups in total. The van der Waals surface area contributed by atoms with Gasteiger partial charge in [-0.3, -0.25) is 4.79 Å². The molecule has 0 unspecified atom stereocenters. The SMILES string of the molecule is O=C(N[C@@H]1C[C@H]2C[C@H]1CN2S(=O)(=O)c1ccc(OC(F)(F)F)cc1)c1ccc(-c2nc3ccccc3[nH]2)cc1. The Hall–Kier alpha value is -3.90. The molecular formula is C27H23F3N4O4S. The molecule has 2 fully saturated rings. The lowest BCUT2D eigenvalue weighted by atomic mass is 10.0. The van der Waals surface area contributed by atoms with Crippen LogP contribution in [0.5, 0.6) is 5.75 Å². The molecule has 1 amide bonds. The minimum atomic E-state index is -4.86. The van der Waals surface area contributed by atoms with Crippen LogP contribution in [0.25, 0.3) is 22.4 Å². The Morgan fingerprint density at radius 1 is 1.00 bits per heavy atom. The Balaban J connectivity index is 1.08. The van der Waals surface area contributed by atoms with Gasteiger partial charge in [-0.15, -0.1) is 13.2 Å². The molecule has 1 aliphatic carbocycles. The number of nitrogens with zero attached hydrogens (tertiary/aromatic N) is 2.